The highest BCUT2D eigenvalue weighted by Gasteiger charge is 2.01. The van der Waals surface area contributed by atoms with Crippen molar-refractivity contribution in [2.45, 2.75) is 0 Å². The number of nitro groups is 1. The summed E-state index contributed by atoms with van der Waals surface area (Å²) in [5.74, 6) is 0.0330. The number of alkyl halides is 2. The lowest BCUT2D eigenvalue weighted by Gasteiger charge is -1.89. The summed E-state index contributed by atoms with van der Waals surface area (Å²) < 4.78 is 0. The van der Waals surface area contributed by atoms with Gasteiger partial charge < -0.3 is 5.11 Å². The molecule has 4 nitrogen and oxygen atoms in total. The molecule has 0 saturated carbocycles. The van der Waals surface area contributed by atoms with Crippen molar-refractivity contribution in [1.82, 2.24) is 0 Å². The average Bonchev–Trinajstić information content (AvgIpc) is 2.06. The zero-order valence-electron chi connectivity index (χ0n) is 6.48. The van der Waals surface area contributed by atoms with Crippen molar-refractivity contribution in [2.75, 3.05) is 5.34 Å². The van der Waals surface area contributed by atoms with Gasteiger partial charge in [0.15, 0.2) is 0 Å². The Bertz CT molecular complexity index is 263. The van der Waals surface area contributed by atoms with E-state index >= 15 is 0 Å². The van der Waals surface area contributed by atoms with Crippen LogP contribution in [-0.2, 0) is 0 Å². The summed E-state index contributed by atoms with van der Waals surface area (Å²) in [6, 6.07) is 5.04. The lowest BCUT2D eigenvalue weighted by molar-refractivity contribution is -0.384. The highest BCUT2D eigenvalue weighted by molar-refractivity contribution is 6.40. The maximum Gasteiger partial charge on any atom is 0.269 e. The van der Waals surface area contributed by atoms with Crippen LogP contribution in [0.1, 0.15) is 0 Å². The summed E-state index contributed by atoms with van der Waals surface area (Å²) in [6.45, 7) is 0. The number of non-ortho nitro benzene ring substituents is 1. The van der Waals surface area contributed by atoms with E-state index < -0.39 is 4.92 Å². The number of phenolic OH excluding ortho intramolecular Hbond substituents is 1. The van der Waals surface area contributed by atoms with Gasteiger partial charge in [-0.3, -0.25) is 10.1 Å². The van der Waals surface area contributed by atoms with E-state index in [9.17, 15) is 10.1 Å². The minimum atomic E-state index is -0.514. The van der Waals surface area contributed by atoms with E-state index in [2.05, 4.69) is 0 Å². The molecule has 0 radical (unpaired) electrons. The van der Waals surface area contributed by atoms with E-state index in [1.165, 1.54) is 24.3 Å². The maximum absolute atomic E-state index is 10.0. The van der Waals surface area contributed by atoms with E-state index in [-0.39, 0.29) is 16.8 Å². The molecular weight excluding hydrogens is 217 g/mol. The molecule has 6 heteroatoms. The fourth-order valence-electron chi connectivity index (χ4n) is 0.574. The topological polar surface area (TPSA) is 63.4 Å². The van der Waals surface area contributed by atoms with E-state index in [0.717, 1.165) is 0 Å². The monoisotopic (exact) mass is 223 g/mol. The van der Waals surface area contributed by atoms with Crippen molar-refractivity contribution < 1.29 is 10.0 Å². The highest BCUT2D eigenvalue weighted by Crippen LogP contribution is 2.14. The minimum Gasteiger partial charge on any atom is -0.508 e. The zero-order chi connectivity index (χ0) is 10.3. The molecule has 13 heavy (non-hydrogen) atoms. The molecule has 0 spiro atoms. The predicted octanol–water partition coefficient (Wildman–Crippen LogP) is 2.72. The molecule has 0 aliphatic heterocycles. The molecule has 0 aromatic heterocycles. The first kappa shape index (κ1) is 12.0. The first-order valence-corrected chi connectivity index (χ1v) is 4.24. The Morgan fingerprint density at radius 1 is 1.31 bits per heavy atom. The van der Waals surface area contributed by atoms with Crippen LogP contribution in [0.15, 0.2) is 24.3 Å². The second kappa shape index (κ2) is 6.51. The summed E-state index contributed by atoms with van der Waals surface area (Å²) in [7, 11) is 0. The van der Waals surface area contributed by atoms with Gasteiger partial charge in [0.05, 0.1) is 10.3 Å². The van der Waals surface area contributed by atoms with Gasteiger partial charge in [0.1, 0.15) is 5.75 Å². The Labute approximate surface area is 84.9 Å². The number of hydrogen-bond acceptors (Lipinski definition) is 3. The van der Waals surface area contributed by atoms with Crippen molar-refractivity contribution in [1.29, 1.82) is 0 Å². The summed E-state index contributed by atoms with van der Waals surface area (Å²) in [5.41, 5.74) is -0.0159. The Morgan fingerprint density at radius 2 is 1.69 bits per heavy atom. The summed E-state index contributed by atoms with van der Waals surface area (Å²) in [4.78, 5) is 9.52. The third-order valence-electron chi connectivity index (χ3n) is 1.06. The lowest BCUT2D eigenvalue weighted by Crippen LogP contribution is -1.85. The van der Waals surface area contributed by atoms with Gasteiger partial charge in [-0.05, 0) is 12.1 Å². The fraction of sp³-hybridized carbons (Fsp3) is 0.143. The molecule has 0 atom stereocenters. The summed E-state index contributed by atoms with van der Waals surface area (Å²) in [6.07, 6.45) is 0. The molecule has 1 rings (SSSR count). The van der Waals surface area contributed by atoms with Gasteiger partial charge in [0.2, 0.25) is 0 Å². The normalized spacial score (nSPS) is 8.46. The van der Waals surface area contributed by atoms with E-state index in [4.69, 9.17) is 28.3 Å². The van der Waals surface area contributed by atoms with Crippen LogP contribution in [0.2, 0.25) is 0 Å². The second-order valence-electron chi connectivity index (χ2n) is 1.87. The van der Waals surface area contributed by atoms with Gasteiger partial charge in [-0.2, -0.15) is 0 Å². The average molecular weight is 224 g/mol. The number of aromatic hydroxyl groups is 1. The molecule has 0 bridgehead atoms. The largest absolute Gasteiger partial charge is 0.508 e. The maximum atomic E-state index is 10.0. The SMILES string of the molecule is ClCCl.O=[N+]([O-])c1ccc(O)cc1. The standard InChI is InChI=1S/C6H5NO3.CH2Cl2/c8-6-3-1-5(2-4-6)7(9)10;2-1-3/h1-4,8H;1H2. The third kappa shape index (κ3) is 5.27. The highest BCUT2D eigenvalue weighted by atomic mass is 35.5. The summed E-state index contributed by atoms with van der Waals surface area (Å²) >= 11 is 9.53. The van der Waals surface area contributed by atoms with Crippen LogP contribution in [0.25, 0.3) is 0 Å². The number of nitrogens with zero attached hydrogens (tertiary/aromatic N) is 1. The predicted molar refractivity (Wildman–Crippen MR) is 51.3 cm³/mol. The van der Waals surface area contributed by atoms with Crippen molar-refractivity contribution in [2.24, 2.45) is 0 Å². The molecule has 0 aliphatic carbocycles. The van der Waals surface area contributed by atoms with Gasteiger partial charge >= 0.3 is 0 Å². The first-order chi connectivity index (χ1) is 6.11. The molecule has 1 N–H and O–H groups in total. The van der Waals surface area contributed by atoms with Gasteiger partial charge in [-0.15, -0.1) is 23.2 Å². The molecule has 1 aromatic carbocycles. The molecule has 0 fully saturated rings. The fourth-order valence-corrected chi connectivity index (χ4v) is 0.574. The van der Waals surface area contributed by atoms with Crippen molar-refractivity contribution in [3.05, 3.63) is 34.4 Å². The van der Waals surface area contributed by atoms with Gasteiger partial charge in [0.25, 0.3) is 5.69 Å². The van der Waals surface area contributed by atoms with Gasteiger partial charge in [0, 0.05) is 12.1 Å². The Hall–Kier alpha value is -1.00. The van der Waals surface area contributed by atoms with Gasteiger partial charge in [-0.1, -0.05) is 0 Å². The number of hydrogen-bond donors (Lipinski definition) is 1. The lowest BCUT2D eigenvalue weighted by atomic mass is 10.3. The number of rotatable bonds is 1. The van der Waals surface area contributed by atoms with Crippen LogP contribution in [0, 0.1) is 10.1 Å². The smallest absolute Gasteiger partial charge is 0.269 e. The second-order valence-corrected chi connectivity index (χ2v) is 2.68. The number of halogens is 2. The van der Waals surface area contributed by atoms with Gasteiger partial charge in [-0.25, -0.2) is 0 Å². The zero-order valence-corrected chi connectivity index (χ0v) is 8.00. The van der Waals surface area contributed by atoms with E-state index in [1.54, 1.807) is 0 Å². The molecule has 0 aliphatic rings. The van der Waals surface area contributed by atoms with Crippen LogP contribution >= 0.6 is 23.2 Å². The first-order valence-electron chi connectivity index (χ1n) is 3.17. The molecule has 0 saturated heterocycles. The Morgan fingerprint density at radius 3 is 2.00 bits per heavy atom. The molecule has 72 valence electrons. The minimum absolute atomic E-state index is 0.0159. The molecule has 0 unspecified atom stereocenters. The Kier molecular flexibility index (Phi) is 6.01. The van der Waals surface area contributed by atoms with Crippen molar-refractivity contribution >= 4 is 28.9 Å². The molecule has 0 heterocycles. The number of phenols is 1. The van der Waals surface area contributed by atoms with Crippen LogP contribution in [0.5, 0.6) is 5.75 Å². The van der Waals surface area contributed by atoms with Crippen molar-refractivity contribution in [3.63, 3.8) is 0 Å². The van der Waals surface area contributed by atoms with Crippen LogP contribution in [0.4, 0.5) is 5.69 Å². The third-order valence-corrected chi connectivity index (χ3v) is 1.06. The molecule has 1 aromatic rings. The quantitative estimate of drug-likeness (QED) is 0.453. The Balaban J connectivity index is 0.000000424. The molecule has 0 amide bonds. The molecular formula is C7H7Cl2NO3. The van der Waals surface area contributed by atoms with E-state index in [1.807, 2.05) is 0 Å². The summed E-state index contributed by atoms with van der Waals surface area (Å²) in [5, 5.41) is 18.9. The van der Waals surface area contributed by atoms with E-state index in [0.29, 0.717) is 0 Å². The number of benzene rings is 1. The van der Waals surface area contributed by atoms with Crippen LogP contribution < -0.4 is 0 Å². The van der Waals surface area contributed by atoms with Crippen LogP contribution in [0.3, 0.4) is 0 Å². The van der Waals surface area contributed by atoms with Crippen LogP contribution in [-0.4, -0.2) is 15.4 Å². The van der Waals surface area contributed by atoms with Crippen molar-refractivity contribution in [3.8, 4) is 5.75 Å². The number of nitro benzene ring substituents is 1.